The maximum atomic E-state index is 14.0. The maximum absolute atomic E-state index is 14.0. The van der Waals surface area contributed by atoms with Gasteiger partial charge in [-0.05, 0) is 48.9 Å². The molecule has 0 aliphatic heterocycles. The molecule has 3 aromatic rings. The second-order valence-electron chi connectivity index (χ2n) is 9.94. The standard InChI is InChI=1S/C30H34N4O3/c1-20(2)22-12-14-23(15-13-22)28(29(36)33-25-9-5-4-6-10-25)34(30(37)27-19-31-16-17-32-27)26-11-7-8-24(18-26)21(3)35/h7-8,11-20,25,28H,4-6,9-10H2,1-3H3,(H,33,36). The molecule has 1 unspecified atom stereocenters. The molecule has 1 saturated carbocycles. The molecule has 2 amide bonds. The summed E-state index contributed by atoms with van der Waals surface area (Å²) in [4.78, 5) is 49.9. The number of hydrogen-bond acceptors (Lipinski definition) is 5. The van der Waals surface area contributed by atoms with Gasteiger partial charge in [-0.1, -0.05) is 69.5 Å². The van der Waals surface area contributed by atoms with Gasteiger partial charge in [0.05, 0.1) is 6.20 Å². The van der Waals surface area contributed by atoms with E-state index in [1.54, 1.807) is 24.3 Å². The van der Waals surface area contributed by atoms with Crippen LogP contribution in [-0.2, 0) is 4.79 Å². The zero-order valence-corrected chi connectivity index (χ0v) is 21.7. The molecule has 2 aromatic carbocycles. The van der Waals surface area contributed by atoms with Crippen molar-refractivity contribution in [3.05, 3.63) is 89.5 Å². The van der Waals surface area contributed by atoms with Crippen LogP contribution in [0.15, 0.2) is 67.1 Å². The molecule has 7 heteroatoms. The number of rotatable bonds is 8. The largest absolute Gasteiger partial charge is 0.351 e. The number of amides is 2. The molecule has 192 valence electrons. The van der Waals surface area contributed by atoms with Crippen molar-refractivity contribution in [2.45, 2.75) is 70.9 Å². The van der Waals surface area contributed by atoms with Gasteiger partial charge in [0.25, 0.3) is 5.91 Å². The Labute approximate surface area is 218 Å². The van der Waals surface area contributed by atoms with Crippen LogP contribution >= 0.6 is 0 Å². The SMILES string of the molecule is CC(=O)c1cccc(N(C(=O)c2cnccn2)C(C(=O)NC2CCCCC2)c2ccc(C(C)C)cc2)c1. The molecule has 1 fully saturated rings. The van der Waals surface area contributed by atoms with Gasteiger partial charge in [-0.2, -0.15) is 0 Å². The fourth-order valence-electron chi connectivity index (χ4n) is 4.80. The molecule has 1 aliphatic carbocycles. The monoisotopic (exact) mass is 498 g/mol. The molecular formula is C30H34N4O3. The minimum absolute atomic E-state index is 0.0655. The smallest absolute Gasteiger partial charge is 0.279 e. The van der Waals surface area contributed by atoms with Gasteiger partial charge in [0, 0.05) is 29.7 Å². The Bertz CT molecular complexity index is 1240. The number of carbonyl (C=O) groups excluding carboxylic acids is 3. The van der Waals surface area contributed by atoms with Gasteiger partial charge >= 0.3 is 0 Å². The average Bonchev–Trinajstić information content (AvgIpc) is 2.92. The van der Waals surface area contributed by atoms with Crippen molar-refractivity contribution in [3.63, 3.8) is 0 Å². The molecule has 1 aromatic heterocycles. The lowest BCUT2D eigenvalue weighted by Gasteiger charge is -2.33. The van der Waals surface area contributed by atoms with Crippen molar-refractivity contribution in [2.24, 2.45) is 0 Å². The number of nitrogens with one attached hydrogen (secondary N) is 1. The highest BCUT2D eigenvalue weighted by Crippen LogP contribution is 2.32. The number of carbonyl (C=O) groups is 3. The van der Waals surface area contributed by atoms with Crippen LogP contribution in [0.25, 0.3) is 0 Å². The zero-order chi connectivity index (χ0) is 26.4. The molecule has 1 aliphatic rings. The van der Waals surface area contributed by atoms with Crippen molar-refractivity contribution >= 4 is 23.3 Å². The van der Waals surface area contributed by atoms with E-state index in [0.29, 0.717) is 22.7 Å². The topological polar surface area (TPSA) is 92.3 Å². The van der Waals surface area contributed by atoms with E-state index < -0.39 is 11.9 Å². The summed E-state index contributed by atoms with van der Waals surface area (Å²) in [6.45, 7) is 5.70. The van der Waals surface area contributed by atoms with Gasteiger partial charge in [0.2, 0.25) is 5.91 Å². The van der Waals surface area contributed by atoms with Gasteiger partial charge < -0.3 is 5.32 Å². The number of nitrogens with zero attached hydrogens (tertiary/aromatic N) is 3. The Morgan fingerprint density at radius 3 is 2.27 bits per heavy atom. The first kappa shape index (κ1) is 26.2. The number of hydrogen-bond donors (Lipinski definition) is 1. The fraction of sp³-hybridized carbons (Fsp3) is 0.367. The highest BCUT2D eigenvalue weighted by atomic mass is 16.2. The van der Waals surface area contributed by atoms with Crippen LogP contribution < -0.4 is 10.2 Å². The van der Waals surface area contributed by atoms with Gasteiger partial charge in [-0.3, -0.25) is 24.3 Å². The van der Waals surface area contributed by atoms with Crippen LogP contribution in [0.4, 0.5) is 5.69 Å². The van der Waals surface area contributed by atoms with E-state index in [0.717, 1.165) is 31.2 Å². The van der Waals surface area contributed by atoms with E-state index in [1.807, 2.05) is 24.3 Å². The first-order chi connectivity index (χ1) is 17.8. The lowest BCUT2D eigenvalue weighted by Crippen LogP contribution is -2.47. The Kier molecular flexibility index (Phi) is 8.43. The van der Waals surface area contributed by atoms with Crippen LogP contribution in [0, 0.1) is 0 Å². The minimum atomic E-state index is -0.958. The number of anilines is 1. The van der Waals surface area contributed by atoms with Crippen LogP contribution in [-0.4, -0.2) is 33.6 Å². The minimum Gasteiger partial charge on any atom is -0.351 e. The summed E-state index contributed by atoms with van der Waals surface area (Å²) >= 11 is 0. The average molecular weight is 499 g/mol. The Hall–Kier alpha value is -3.87. The van der Waals surface area contributed by atoms with E-state index in [-0.39, 0.29) is 23.4 Å². The number of ketones is 1. The molecule has 7 nitrogen and oxygen atoms in total. The summed E-state index contributed by atoms with van der Waals surface area (Å²) in [7, 11) is 0. The maximum Gasteiger partial charge on any atom is 0.279 e. The highest BCUT2D eigenvalue weighted by Gasteiger charge is 2.35. The van der Waals surface area contributed by atoms with E-state index in [2.05, 4.69) is 29.1 Å². The van der Waals surface area contributed by atoms with E-state index in [1.165, 1.54) is 36.8 Å². The van der Waals surface area contributed by atoms with Gasteiger partial charge in [-0.25, -0.2) is 4.98 Å². The highest BCUT2D eigenvalue weighted by molar-refractivity contribution is 6.09. The summed E-state index contributed by atoms with van der Waals surface area (Å²) < 4.78 is 0. The summed E-state index contributed by atoms with van der Waals surface area (Å²) in [5.41, 5.74) is 2.84. The van der Waals surface area contributed by atoms with E-state index in [9.17, 15) is 14.4 Å². The summed E-state index contributed by atoms with van der Waals surface area (Å²) in [5, 5.41) is 3.21. The molecule has 1 N–H and O–H groups in total. The quantitative estimate of drug-likeness (QED) is 0.406. The number of aromatic nitrogens is 2. The predicted octanol–water partition coefficient (Wildman–Crippen LogP) is 5.64. The van der Waals surface area contributed by atoms with Crippen molar-refractivity contribution in [3.8, 4) is 0 Å². The Morgan fingerprint density at radius 1 is 0.946 bits per heavy atom. The molecule has 0 saturated heterocycles. The van der Waals surface area contributed by atoms with Crippen molar-refractivity contribution in [2.75, 3.05) is 4.90 Å². The van der Waals surface area contributed by atoms with Crippen molar-refractivity contribution in [1.29, 1.82) is 0 Å². The molecular weight excluding hydrogens is 464 g/mol. The second-order valence-corrected chi connectivity index (χ2v) is 9.94. The summed E-state index contributed by atoms with van der Waals surface area (Å²) in [5.74, 6) is -0.522. The van der Waals surface area contributed by atoms with Gasteiger partial charge in [-0.15, -0.1) is 0 Å². The molecule has 0 radical (unpaired) electrons. The normalized spacial score (nSPS) is 14.7. The molecule has 4 rings (SSSR count). The molecule has 1 atom stereocenters. The third-order valence-corrected chi connectivity index (χ3v) is 6.91. The van der Waals surface area contributed by atoms with Crippen molar-refractivity contribution in [1.82, 2.24) is 15.3 Å². The Balaban J connectivity index is 1.84. The fourth-order valence-corrected chi connectivity index (χ4v) is 4.80. The summed E-state index contributed by atoms with van der Waals surface area (Å²) in [6.07, 6.45) is 9.49. The lowest BCUT2D eigenvalue weighted by molar-refractivity contribution is -0.123. The van der Waals surface area contributed by atoms with Crippen LogP contribution in [0.1, 0.15) is 96.8 Å². The first-order valence-electron chi connectivity index (χ1n) is 13.0. The third kappa shape index (κ3) is 6.28. The van der Waals surface area contributed by atoms with Gasteiger partial charge in [0.15, 0.2) is 5.78 Å². The lowest BCUT2D eigenvalue weighted by atomic mass is 9.94. The van der Waals surface area contributed by atoms with Crippen LogP contribution in [0.3, 0.4) is 0 Å². The van der Waals surface area contributed by atoms with Crippen LogP contribution in [0.2, 0.25) is 0 Å². The molecule has 0 bridgehead atoms. The second kappa shape index (κ2) is 11.9. The van der Waals surface area contributed by atoms with E-state index in [4.69, 9.17) is 0 Å². The van der Waals surface area contributed by atoms with Crippen molar-refractivity contribution < 1.29 is 14.4 Å². The first-order valence-corrected chi connectivity index (χ1v) is 13.0. The summed E-state index contributed by atoms with van der Waals surface area (Å²) in [6, 6.07) is 13.7. The molecule has 37 heavy (non-hydrogen) atoms. The predicted molar refractivity (Wildman–Crippen MR) is 144 cm³/mol. The van der Waals surface area contributed by atoms with Gasteiger partial charge in [0.1, 0.15) is 11.7 Å². The number of benzene rings is 2. The Morgan fingerprint density at radius 2 is 1.65 bits per heavy atom. The van der Waals surface area contributed by atoms with Crippen LogP contribution in [0.5, 0.6) is 0 Å². The number of Topliss-reactive ketones (excluding diaryl/α,β-unsaturated/α-hetero) is 1. The molecule has 1 heterocycles. The molecule has 0 spiro atoms. The zero-order valence-electron chi connectivity index (χ0n) is 21.7. The van der Waals surface area contributed by atoms with E-state index >= 15 is 0 Å². The third-order valence-electron chi connectivity index (χ3n) is 6.91.